The molecule has 0 aromatic carbocycles. The molecule has 0 rings (SSSR count). The van der Waals surface area contributed by atoms with E-state index in [1.807, 2.05) is 13.8 Å². The number of nitrogens with zero attached hydrogens (tertiary/aromatic N) is 1. The minimum absolute atomic E-state index is 0.169. The fourth-order valence-electron chi connectivity index (χ4n) is 1.35. The van der Waals surface area contributed by atoms with Gasteiger partial charge in [0.25, 0.3) is 0 Å². The fourth-order valence-corrected chi connectivity index (χ4v) is 1.35. The highest BCUT2D eigenvalue weighted by molar-refractivity contribution is 5.75. The van der Waals surface area contributed by atoms with Crippen molar-refractivity contribution in [3.8, 4) is 0 Å². The quantitative estimate of drug-likeness (QED) is 0.463. The van der Waals surface area contributed by atoms with Crippen molar-refractivity contribution in [2.75, 3.05) is 20.2 Å². The standard InChI is InChI=1S/C10H19NO2/c1-5-8-9(10(12)13-4)11(6-2)7-3/h5,9H,1,6-8H2,2-4H3. The molecule has 1 atom stereocenters. The van der Waals surface area contributed by atoms with E-state index in [9.17, 15) is 4.79 Å². The molecule has 0 aliphatic carbocycles. The number of methoxy groups -OCH3 is 1. The van der Waals surface area contributed by atoms with Crippen molar-refractivity contribution in [1.82, 2.24) is 4.90 Å². The lowest BCUT2D eigenvalue weighted by molar-refractivity contribution is -0.146. The molecule has 0 saturated heterocycles. The fraction of sp³-hybridized carbons (Fsp3) is 0.700. The highest BCUT2D eigenvalue weighted by atomic mass is 16.5. The number of hydrogen-bond acceptors (Lipinski definition) is 3. The first-order chi connectivity index (χ1) is 6.21. The number of carbonyl (C=O) groups excluding carboxylic acids is 1. The number of esters is 1. The molecule has 0 radical (unpaired) electrons. The molecule has 0 aromatic rings. The maximum Gasteiger partial charge on any atom is 0.323 e. The van der Waals surface area contributed by atoms with E-state index < -0.39 is 0 Å². The van der Waals surface area contributed by atoms with Gasteiger partial charge in [-0.25, -0.2) is 0 Å². The Bertz CT molecular complexity index is 164. The summed E-state index contributed by atoms with van der Waals surface area (Å²) in [6.45, 7) is 9.40. The first-order valence-electron chi connectivity index (χ1n) is 4.63. The molecule has 13 heavy (non-hydrogen) atoms. The summed E-state index contributed by atoms with van der Waals surface area (Å²) in [7, 11) is 1.42. The molecule has 0 aromatic heterocycles. The van der Waals surface area contributed by atoms with E-state index in [0.717, 1.165) is 13.1 Å². The predicted octanol–water partition coefficient (Wildman–Crippen LogP) is 1.45. The minimum atomic E-state index is -0.177. The first-order valence-corrected chi connectivity index (χ1v) is 4.63. The molecular formula is C10H19NO2. The van der Waals surface area contributed by atoms with Crippen LogP contribution in [0.1, 0.15) is 20.3 Å². The van der Waals surface area contributed by atoms with Crippen LogP contribution in [-0.4, -0.2) is 37.1 Å². The third-order valence-corrected chi connectivity index (χ3v) is 2.12. The Kier molecular flexibility index (Phi) is 6.24. The Morgan fingerprint density at radius 1 is 1.54 bits per heavy atom. The lowest BCUT2D eigenvalue weighted by atomic mass is 10.1. The van der Waals surface area contributed by atoms with E-state index >= 15 is 0 Å². The van der Waals surface area contributed by atoms with Crippen molar-refractivity contribution in [1.29, 1.82) is 0 Å². The van der Waals surface area contributed by atoms with E-state index in [-0.39, 0.29) is 12.0 Å². The number of rotatable bonds is 6. The summed E-state index contributed by atoms with van der Waals surface area (Å²) in [5, 5.41) is 0. The van der Waals surface area contributed by atoms with Gasteiger partial charge in [0, 0.05) is 0 Å². The Morgan fingerprint density at radius 3 is 2.38 bits per heavy atom. The molecule has 3 heteroatoms. The van der Waals surface area contributed by atoms with Gasteiger partial charge >= 0.3 is 5.97 Å². The van der Waals surface area contributed by atoms with E-state index in [2.05, 4.69) is 11.5 Å². The maximum absolute atomic E-state index is 11.3. The second kappa shape index (κ2) is 6.66. The van der Waals surface area contributed by atoms with Crippen molar-refractivity contribution >= 4 is 5.97 Å². The average Bonchev–Trinajstić information content (AvgIpc) is 2.17. The molecular weight excluding hydrogens is 166 g/mol. The lowest BCUT2D eigenvalue weighted by Crippen LogP contribution is -2.41. The third-order valence-electron chi connectivity index (χ3n) is 2.12. The third kappa shape index (κ3) is 3.59. The van der Waals surface area contributed by atoms with Gasteiger partial charge in [0.05, 0.1) is 7.11 Å². The van der Waals surface area contributed by atoms with Gasteiger partial charge in [0.1, 0.15) is 6.04 Å². The molecule has 0 aliphatic rings. The molecule has 0 bridgehead atoms. The highest BCUT2D eigenvalue weighted by Crippen LogP contribution is 2.06. The van der Waals surface area contributed by atoms with E-state index in [0.29, 0.717) is 6.42 Å². The molecule has 0 saturated carbocycles. The van der Waals surface area contributed by atoms with Gasteiger partial charge in [-0.2, -0.15) is 0 Å². The summed E-state index contributed by atoms with van der Waals surface area (Å²) in [5.41, 5.74) is 0. The summed E-state index contributed by atoms with van der Waals surface area (Å²) in [4.78, 5) is 13.4. The number of ether oxygens (including phenoxy) is 1. The van der Waals surface area contributed by atoms with Crippen LogP contribution in [0.3, 0.4) is 0 Å². The number of carbonyl (C=O) groups is 1. The SMILES string of the molecule is C=CCC(C(=O)OC)N(CC)CC. The van der Waals surface area contributed by atoms with Crippen LogP contribution in [-0.2, 0) is 9.53 Å². The molecule has 0 fully saturated rings. The van der Waals surface area contributed by atoms with Crippen LogP contribution in [0.25, 0.3) is 0 Å². The van der Waals surface area contributed by atoms with Gasteiger partial charge < -0.3 is 4.74 Å². The summed E-state index contributed by atoms with van der Waals surface area (Å²) in [6, 6.07) is -0.169. The number of hydrogen-bond donors (Lipinski definition) is 0. The first kappa shape index (κ1) is 12.2. The van der Waals surface area contributed by atoms with Gasteiger partial charge in [0.2, 0.25) is 0 Å². The van der Waals surface area contributed by atoms with Gasteiger partial charge in [-0.15, -0.1) is 6.58 Å². The zero-order valence-corrected chi connectivity index (χ0v) is 8.75. The zero-order valence-electron chi connectivity index (χ0n) is 8.75. The van der Waals surface area contributed by atoms with Crippen LogP contribution in [0.4, 0.5) is 0 Å². The number of likely N-dealkylation sites (N-methyl/N-ethyl adjacent to an activating group) is 1. The molecule has 3 nitrogen and oxygen atoms in total. The van der Waals surface area contributed by atoms with Crippen LogP contribution < -0.4 is 0 Å². The lowest BCUT2D eigenvalue weighted by Gasteiger charge is -2.26. The van der Waals surface area contributed by atoms with Crippen molar-refractivity contribution < 1.29 is 9.53 Å². The molecule has 0 aliphatic heterocycles. The molecule has 0 amide bonds. The van der Waals surface area contributed by atoms with Crippen molar-refractivity contribution in [2.24, 2.45) is 0 Å². The molecule has 0 heterocycles. The molecule has 76 valence electrons. The van der Waals surface area contributed by atoms with Gasteiger partial charge in [-0.1, -0.05) is 19.9 Å². The summed E-state index contributed by atoms with van der Waals surface area (Å²) >= 11 is 0. The van der Waals surface area contributed by atoms with E-state index in [4.69, 9.17) is 4.74 Å². The topological polar surface area (TPSA) is 29.5 Å². The highest BCUT2D eigenvalue weighted by Gasteiger charge is 2.22. The van der Waals surface area contributed by atoms with E-state index in [1.165, 1.54) is 7.11 Å². The van der Waals surface area contributed by atoms with Crippen molar-refractivity contribution in [2.45, 2.75) is 26.3 Å². The zero-order chi connectivity index (χ0) is 10.3. The van der Waals surface area contributed by atoms with Crippen molar-refractivity contribution in [3.05, 3.63) is 12.7 Å². The van der Waals surface area contributed by atoms with Gasteiger partial charge in [-0.05, 0) is 19.5 Å². The summed E-state index contributed by atoms with van der Waals surface area (Å²) in [6.07, 6.45) is 2.40. The predicted molar refractivity (Wildman–Crippen MR) is 53.5 cm³/mol. The second-order valence-electron chi connectivity index (χ2n) is 2.78. The Morgan fingerprint density at radius 2 is 2.08 bits per heavy atom. The monoisotopic (exact) mass is 185 g/mol. The minimum Gasteiger partial charge on any atom is -0.468 e. The van der Waals surface area contributed by atoms with Crippen LogP contribution in [0.5, 0.6) is 0 Å². The second-order valence-corrected chi connectivity index (χ2v) is 2.78. The Hall–Kier alpha value is -0.830. The van der Waals surface area contributed by atoms with Crippen molar-refractivity contribution in [3.63, 3.8) is 0 Å². The van der Waals surface area contributed by atoms with Crippen LogP contribution >= 0.6 is 0 Å². The van der Waals surface area contributed by atoms with Crippen LogP contribution in [0.15, 0.2) is 12.7 Å². The summed E-state index contributed by atoms with van der Waals surface area (Å²) in [5.74, 6) is -0.177. The normalized spacial score (nSPS) is 12.6. The molecule has 1 unspecified atom stereocenters. The van der Waals surface area contributed by atoms with Gasteiger partial charge in [-0.3, -0.25) is 9.69 Å². The van der Waals surface area contributed by atoms with Crippen LogP contribution in [0, 0.1) is 0 Å². The molecule has 0 N–H and O–H groups in total. The smallest absolute Gasteiger partial charge is 0.323 e. The van der Waals surface area contributed by atoms with Crippen LogP contribution in [0.2, 0.25) is 0 Å². The Balaban J connectivity index is 4.36. The molecule has 0 spiro atoms. The van der Waals surface area contributed by atoms with Gasteiger partial charge in [0.15, 0.2) is 0 Å². The average molecular weight is 185 g/mol. The largest absolute Gasteiger partial charge is 0.468 e. The summed E-state index contributed by atoms with van der Waals surface area (Å²) < 4.78 is 4.72. The maximum atomic E-state index is 11.3. The Labute approximate surface area is 80.4 Å². The van der Waals surface area contributed by atoms with E-state index in [1.54, 1.807) is 6.08 Å².